The molecular formula is C14H19F2N. The predicted octanol–water partition coefficient (Wildman–Crippen LogP) is 3.46. The fourth-order valence-corrected chi connectivity index (χ4v) is 2.10. The molecule has 2 rings (SSSR count). The van der Waals surface area contributed by atoms with Crippen molar-refractivity contribution in [3.63, 3.8) is 0 Å². The number of rotatable bonds is 3. The zero-order valence-electron chi connectivity index (χ0n) is 10.6. The van der Waals surface area contributed by atoms with E-state index in [9.17, 15) is 8.78 Å². The van der Waals surface area contributed by atoms with Crippen LogP contribution in [0.5, 0.6) is 0 Å². The van der Waals surface area contributed by atoms with Gasteiger partial charge in [0, 0.05) is 5.54 Å². The molecule has 1 aliphatic carbocycles. The SMILES string of the molecule is CC(C)(C)NCC1CC1c1cccc(F)c1F. The van der Waals surface area contributed by atoms with E-state index in [0.29, 0.717) is 11.5 Å². The molecule has 0 radical (unpaired) electrons. The van der Waals surface area contributed by atoms with Gasteiger partial charge in [-0.1, -0.05) is 12.1 Å². The van der Waals surface area contributed by atoms with Crippen LogP contribution in [0.1, 0.15) is 38.7 Å². The van der Waals surface area contributed by atoms with Gasteiger partial charge in [0.15, 0.2) is 11.6 Å². The number of hydrogen-bond donors (Lipinski definition) is 1. The molecular weight excluding hydrogens is 220 g/mol. The first kappa shape index (κ1) is 12.5. The van der Waals surface area contributed by atoms with E-state index in [1.54, 1.807) is 12.1 Å². The second-order valence-corrected chi connectivity index (χ2v) is 5.88. The zero-order valence-corrected chi connectivity index (χ0v) is 10.6. The van der Waals surface area contributed by atoms with E-state index in [1.165, 1.54) is 6.07 Å². The molecule has 1 saturated carbocycles. The van der Waals surface area contributed by atoms with E-state index in [-0.39, 0.29) is 11.5 Å². The fraction of sp³-hybridized carbons (Fsp3) is 0.571. The quantitative estimate of drug-likeness (QED) is 0.851. The summed E-state index contributed by atoms with van der Waals surface area (Å²) >= 11 is 0. The van der Waals surface area contributed by atoms with E-state index in [1.807, 2.05) is 0 Å². The lowest BCUT2D eigenvalue weighted by Crippen LogP contribution is -2.37. The highest BCUT2D eigenvalue weighted by molar-refractivity contribution is 5.28. The Morgan fingerprint density at radius 1 is 1.29 bits per heavy atom. The lowest BCUT2D eigenvalue weighted by atomic mass is 10.1. The van der Waals surface area contributed by atoms with Gasteiger partial charge in [-0.05, 0) is 57.2 Å². The minimum Gasteiger partial charge on any atom is -0.312 e. The van der Waals surface area contributed by atoms with Crippen LogP contribution in [0.3, 0.4) is 0 Å². The van der Waals surface area contributed by atoms with Gasteiger partial charge < -0.3 is 5.32 Å². The first-order valence-corrected chi connectivity index (χ1v) is 6.07. The number of halogens is 2. The Morgan fingerprint density at radius 2 is 2.00 bits per heavy atom. The Kier molecular flexibility index (Phi) is 3.21. The van der Waals surface area contributed by atoms with Crippen LogP contribution in [-0.4, -0.2) is 12.1 Å². The molecule has 0 amide bonds. The predicted molar refractivity (Wildman–Crippen MR) is 65.0 cm³/mol. The topological polar surface area (TPSA) is 12.0 Å². The molecule has 2 unspecified atom stereocenters. The molecule has 1 fully saturated rings. The van der Waals surface area contributed by atoms with Crippen LogP contribution in [0.15, 0.2) is 18.2 Å². The molecule has 0 aliphatic heterocycles. The van der Waals surface area contributed by atoms with Crippen LogP contribution < -0.4 is 5.32 Å². The van der Waals surface area contributed by atoms with Crippen molar-refractivity contribution in [2.45, 2.75) is 38.6 Å². The Bertz CT molecular complexity index is 409. The molecule has 17 heavy (non-hydrogen) atoms. The summed E-state index contributed by atoms with van der Waals surface area (Å²) in [6, 6.07) is 4.45. The third-order valence-electron chi connectivity index (χ3n) is 3.20. The molecule has 1 aromatic carbocycles. The Hall–Kier alpha value is -0.960. The number of benzene rings is 1. The van der Waals surface area contributed by atoms with E-state index in [0.717, 1.165) is 13.0 Å². The average Bonchev–Trinajstić information content (AvgIpc) is 2.97. The first-order valence-electron chi connectivity index (χ1n) is 6.07. The van der Waals surface area contributed by atoms with Crippen LogP contribution >= 0.6 is 0 Å². The summed E-state index contributed by atoms with van der Waals surface area (Å²) in [6.45, 7) is 7.18. The molecule has 2 atom stereocenters. The van der Waals surface area contributed by atoms with Crippen LogP contribution in [0, 0.1) is 17.6 Å². The Labute approximate surface area is 101 Å². The van der Waals surface area contributed by atoms with Gasteiger partial charge >= 0.3 is 0 Å². The highest BCUT2D eigenvalue weighted by Gasteiger charge is 2.40. The molecule has 94 valence electrons. The summed E-state index contributed by atoms with van der Waals surface area (Å²) in [7, 11) is 0. The molecule has 0 heterocycles. The van der Waals surface area contributed by atoms with Gasteiger partial charge in [-0.3, -0.25) is 0 Å². The van der Waals surface area contributed by atoms with E-state index in [2.05, 4.69) is 26.1 Å². The second kappa shape index (κ2) is 4.37. The van der Waals surface area contributed by atoms with Crippen molar-refractivity contribution < 1.29 is 8.78 Å². The van der Waals surface area contributed by atoms with E-state index < -0.39 is 11.6 Å². The maximum atomic E-state index is 13.5. The minimum absolute atomic E-state index is 0.0770. The van der Waals surface area contributed by atoms with Crippen molar-refractivity contribution in [1.82, 2.24) is 5.32 Å². The normalized spacial score (nSPS) is 23.8. The third-order valence-corrected chi connectivity index (χ3v) is 3.20. The summed E-state index contributed by atoms with van der Waals surface area (Å²) in [6.07, 6.45) is 0.948. The van der Waals surface area contributed by atoms with Gasteiger partial charge in [0.25, 0.3) is 0 Å². The smallest absolute Gasteiger partial charge is 0.162 e. The van der Waals surface area contributed by atoms with Crippen molar-refractivity contribution >= 4 is 0 Å². The van der Waals surface area contributed by atoms with Crippen molar-refractivity contribution in [1.29, 1.82) is 0 Å². The maximum Gasteiger partial charge on any atom is 0.162 e. The highest BCUT2D eigenvalue weighted by atomic mass is 19.2. The lowest BCUT2D eigenvalue weighted by Gasteiger charge is -2.20. The van der Waals surface area contributed by atoms with Gasteiger partial charge in [-0.2, -0.15) is 0 Å². The molecule has 1 aliphatic rings. The summed E-state index contributed by atoms with van der Waals surface area (Å²) in [5.41, 5.74) is 0.610. The first-order chi connectivity index (χ1) is 7.88. The standard InChI is InChI=1S/C14H19F2N/c1-14(2,3)17-8-9-7-11(9)10-5-4-6-12(15)13(10)16/h4-6,9,11,17H,7-8H2,1-3H3. The molecule has 0 aromatic heterocycles. The van der Waals surface area contributed by atoms with Gasteiger partial charge in [0.1, 0.15) is 0 Å². The van der Waals surface area contributed by atoms with Gasteiger partial charge in [-0.25, -0.2) is 8.78 Å². The Morgan fingerprint density at radius 3 is 2.65 bits per heavy atom. The lowest BCUT2D eigenvalue weighted by molar-refractivity contribution is 0.413. The summed E-state index contributed by atoms with van der Waals surface area (Å²) in [5.74, 6) is -0.793. The van der Waals surface area contributed by atoms with Crippen LogP contribution in [0.2, 0.25) is 0 Å². The molecule has 3 heteroatoms. The number of nitrogens with one attached hydrogen (secondary N) is 1. The zero-order chi connectivity index (χ0) is 12.6. The van der Waals surface area contributed by atoms with Gasteiger partial charge in [0.05, 0.1) is 0 Å². The molecule has 0 bridgehead atoms. The third kappa shape index (κ3) is 3.03. The van der Waals surface area contributed by atoms with E-state index >= 15 is 0 Å². The van der Waals surface area contributed by atoms with Crippen molar-refractivity contribution in [3.8, 4) is 0 Å². The largest absolute Gasteiger partial charge is 0.312 e. The second-order valence-electron chi connectivity index (χ2n) is 5.88. The van der Waals surface area contributed by atoms with Crippen LogP contribution in [-0.2, 0) is 0 Å². The summed E-state index contributed by atoms with van der Waals surface area (Å²) in [5, 5.41) is 3.40. The van der Waals surface area contributed by atoms with Crippen LogP contribution in [0.25, 0.3) is 0 Å². The molecule has 1 nitrogen and oxygen atoms in total. The Balaban J connectivity index is 1.96. The average molecular weight is 239 g/mol. The van der Waals surface area contributed by atoms with E-state index in [4.69, 9.17) is 0 Å². The van der Waals surface area contributed by atoms with Gasteiger partial charge in [0.2, 0.25) is 0 Å². The molecule has 0 saturated heterocycles. The highest BCUT2D eigenvalue weighted by Crippen LogP contribution is 2.48. The van der Waals surface area contributed by atoms with Crippen LogP contribution in [0.4, 0.5) is 8.78 Å². The van der Waals surface area contributed by atoms with Crippen molar-refractivity contribution in [2.75, 3.05) is 6.54 Å². The summed E-state index contributed by atoms with van der Waals surface area (Å²) in [4.78, 5) is 0. The molecule has 1 aromatic rings. The summed E-state index contributed by atoms with van der Waals surface area (Å²) < 4.78 is 26.6. The van der Waals surface area contributed by atoms with Crippen molar-refractivity contribution in [2.24, 2.45) is 5.92 Å². The van der Waals surface area contributed by atoms with Gasteiger partial charge in [-0.15, -0.1) is 0 Å². The fourth-order valence-electron chi connectivity index (χ4n) is 2.10. The minimum atomic E-state index is -0.739. The molecule has 0 spiro atoms. The molecule has 1 N–H and O–H groups in total. The monoisotopic (exact) mass is 239 g/mol. The van der Waals surface area contributed by atoms with Crippen molar-refractivity contribution in [3.05, 3.63) is 35.4 Å². The number of hydrogen-bond acceptors (Lipinski definition) is 1. The maximum absolute atomic E-state index is 13.5.